The molecule has 0 aliphatic carbocycles. The summed E-state index contributed by atoms with van der Waals surface area (Å²) in [6.45, 7) is 8.54. The van der Waals surface area contributed by atoms with Gasteiger partial charge in [0.2, 0.25) is 0 Å². The Kier molecular flexibility index (Phi) is 4.46. The van der Waals surface area contributed by atoms with Crippen molar-refractivity contribution in [1.29, 1.82) is 0 Å². The minimum Gasteiger partial charge on any atom is -0.369 e. The van der Waals surface area contributed by atoms with E-state index in [1.807, 2.05) is 13.1 Å². The number of nitrogens with zero attached hydrogens (tertiary/aromatic N) is 1. The average Bonchev–Trinajstić information content (AvgIpc) is 2.41. The third-order valence-corrected chi connectivity index (χ3v) is 4.57. The number of halogens is 1. The second kappa shape index (κ2) is 5.91. The first-order valence-corrected chi connectivity index (χ1v) is 7.25. The van der Waals surface area contributed by atoms with Crippen molar-refractivity contribution in [2.24, 2.45) is 11.8 Å². The molecule has 1 aliphatic heterocycles. The van der Waals surface area contributed by atoms with Gasteiger partial charge in [-0.15, -0.1) is 0 Å². The van der Waals surface area contributed by atoms with Crippen LogP contribution in [0.25, 0.3) is 0 Å². The molecule has 3 atom stereocenters. The summed E-state index contributed by atoms with van der Waals surface area (Å²) in [6.07, 6.45) is 1.14. The van der Waals surface area contributed by atoms with Crippen LogP contribution in [0.3, 0.4) is 0 Å². The van der Waals surface area contributed by atoms with Gasteiger partial charge in [0.15, 0.2) is 0 Å². The summed E-state index contributed by atoms with van der Waals surface area (Å²) in [4.78, 5) is 2.23. The van der Waals surface area contributed by atoms with Gasteiger partial charge in [-0.3, -0.25) is 0 Å². The zero-order valence-corrected chi connectivity index (χ0v) is 12.4. The zero-order chi connectivity index (χ0) is 14.0. The molecule has 1 N–H and O–H groups in total. The third kappa shape index (κ3) is 2.92. The first-order chi connectivity index (χ1) is 9.04. The Hall–Kier alpha value is -1.09. The van der Waals surface area contributed by atoms with Crippen molar-refractivity contribution in [2.75, 3.05) is 25.0 Å². The number of rotatable bonds is 3. The molecule has 0 spiro atoms. The maximum absolute atomic E-state index is 14.3. The van der Waals surface area contributed by atoms with Crippen LogP contribution in [0.2, 0.25) is 0 Å². The van der Waals surface area contributed by atoms with Crippen molar-refractivity contribution in [3.63, 3.8) is 0 Å². The van der Waals surface area contributed by atoms with Gasteiger partial charge in [-0.25, -0.2) is 4.39 Å². The highest BCUT2D eigenvalue weighted by atomic mass is 19.1. The van der Waals surface area contributed by atoms with Crippen LogP contribution >= 0.6 is 0 Å². The fourth-order valence-electron chi connectivity index (χ4n) is 2.84. The van der Waals surface area contributed by atoms with Gasteiger partial charge in [-0.1, -0.05) is 26.0 Å². The normalized spacial score (nSPS) is 25.4. The van der Waals surface area contributed by atoms with Crippen LogP contribution in [-0.2, 0) is 0 Å². The molecule has 1 aromatic rings. The van der Waals surface area contributed by atoms with Gasteiger partial charge in [0.05, 0.1) is 5.69 Å². The van der Waals surface area contributed by atoms with Crippen LogP contribution in [-0.4, -0.2) is 20.1 Å². The lowest BCUT2D eigenvalue weighted by Gasteiger charge is -2.38. The predicted molar refractivity (Wildman–Crippen MR) is 79.0 cm³/mol. The first kappa shape index (κ1) is 14.3. The van der Waals surface area contributed by atoms with E-state index in [0.29, 0.717) is 5.92 Å². The number of anilines is 1. The number of hydrogen-bond donors (Lipinski definition) is 1. The van der Waals surface area contributed by atoms with Gasteiger partial charge >= 0.3 is 0 Å². The molecule has 1 fully saturated rings. The second-order valence-corrected chi connectivity index (χ2v) is 5.88. The van der Waals surface area contributed by atoms with Crippen molar-refractivity contribution < 1.29 is 4.39 Å². The van der Waals surface area contributed by atoms with Crippen LogP contribution in [0.4, 0.5) is 10.1 Å². The summed E-state index contributed by atoms with van der Waals surface area (Å²) >= 11 is 0. The molecule has 1 heterocycles. The largest absolute Gasteiger partial charge is 0.369 e. The molecule has 0 amide bonds. The lowest BCUT2D eigenvalue weighted by Crippen LogP contribution is -2.39. The lowest BCUT2D eigenvalue weighted by molar-refractivity contribution is 0.321. The number of nitrogens with one attached hydrogen (secondary N) is 1. The summed E-state index contributed by atoms with van der Waals surface area (Å²) in [5.41, 5.74) is 1.85. The van der Waals surface area contributed by atoms with Crippen molar-refractivity contribution in [3.8, 4) is 0 Å². The maximum Gasteiger partial charge on any atom is 0.146 e. The Morgan fingerprint density at radius 2 is 2.05 bits per heavy atom. The molecule has 0 aromatic heterocycles. The van der Waals surface area contributed by atoms with E-state index < -0.39 is 0 Å². The number of hydrogen-bond acceptors (Lipinski definition) is 2. The molecular formula is C16H25FN2. The van der Waals surface area contributed by atoms with E-state index in [0.717, 1.165) is 36.7 Å². The van der Waals surface area contributed by atoms with E-state index in [1.54, 1.807) is 12.1 Å². The number of benzene rings is 1. The quantitative estimate of drug-likeness (QED) is 0.897. The Labute approximate surface area is 116 Å². The second-order valence-electron chi connectivity index (χ2n) is 5.88. The SMILES string of the molecule is CNC(C)c1cccc(F)c1N1CCC(C)C(C)C1. The number of piperidine rings is 1. The van der Waals surface area contributed by atoms with Gasteiger partial charge < -0.3 is 10.2 Å². The molecule has 3 heteroatoms. The van der Waals surface area contributed by atoms with Crippen molar-refractivity contribution >= 4 is 5.69 Å². The standard InChI is InChI=1S/C16H25FN2/c1-11-8-9-19(10-12(11)2)16-14(13(3)18-4)6-5-7-15(16)17/h5-7,11-13,18H,8-10H2,1-4H3. The zero-order valence-electron chi connectivity index (χ0n) is 12.4. The third-order valence-electron chi connectivity index (χ3n) is 4.57. The summed E-state index contributed by atoms with van der Waals surface area (Å²) in [6, 6.07) is 5.57. The Morgan fingerprint density at radius 1 is 1.32 bits per heavy atom. The van der Waals surface area contributed by atoms with E-state index in [2.05, 4.69) is 31.0 Å². The minimum absolute atomic E-state index is 0.0960. The van der Waals surface area contributed by atoms with E-state index in [9.17, 15) is 4.39 Å². The van der Waals surface area contributed by atoms with E-state index >= 15 is 0 Å². The molecule has 2 rings (SSSR count). The Bertz CT molecular complexity index is 433. The van der Waals surface area contributed by atoms with Crippen molar-refractivity contribution in [2.45, 2.75) is 33.2 Å². The molecule has 0 bridgehead atoms. The molecular weight excluding hydrogens is 239 g/mol. The molecule has 1 aromatic carbocycles. The Balaban J connectivity index is 2.33. The van der Waals surface area contributed by atoms with Crippen LogP contribution in [0.5, 0.6) is 0 Å². The molecule has 0 saturated carbocycles. The fraction of sp³-hybridized carbons (Fsp3) is 0.625. The van der Waals surface area contributed by atoms with Crippen LogP contribution in [0, 0.1) is 17.7 Å². The number of para-hydroxylation sites is 1. The maximum atomic E-state index is 14.3. The van der Waals surface area contributed by atoms with E-state index in [4.69, 9.17) is 0 Å². The van der Waals surface area contributed by atoms with Crippen molar-refractivity contribution in [1.82, 2.24) is 5.32 Å². The molecule has 106 valence electrons. The van der Waals surface area contributed by atoms with Gasteiger partial charge in [0.1, 0.15) is 5.82 Å². The van der Waals surface area contributed by atoms with Crippen LogP contribution in [0.1, 0.15) is 38.8 Å². The van der Waals surface area contributed by atoms with Gasteiger partial charge in [-0.2, -0.15) is 0 Å². The predicted octanol–water partition coefficient (Wildman–Crippen LogP) is 3.59. The Morgan fingerprint density at radius 3 is 2.68 bits per heavy atom. The van der Waals surface area contributed by atoms with Gasteiger partial charge in [-0.05, 0) is 43.9 Å². The van der Waals surface area contributed by atoms with Crippen LogP contribution in [0.15, 0.2) is 18.2 Å². The summed E-state index contributed by atoms with van der Waals surface area (Å²) in [5.74, 6) is 1.25. The monoisotopic (exact) mass is 264 g/mol. The molecule has 3 unspecified atom stereocenters. The average molecular weight is 264 g/mol. The first-order valence-electron chi connectivity index (χ1n) is 7.25. The molecule has 19 heavy (non-hydrogen) atoms. The van der Waals surface area contributed by atoms with E-state index in [-0.39, 0.29) is 11.9 Å². The highest BCUT2D eigenvalue weighted by molar-refractivity contribution is 5.56. The molecule has 2 nitrogen and oxygen atoms in total. The fourth-order valence-corrected chi connectivity index (χ4v) is 2.84. The smallest absolute Gasteiger partial charge is 0.146 e. The van der Waals surface area contributed by atoms with Gasteiger partial charge in [0, 0.05) is 19.1 Å². The molecule has 0 radical (unpaired) electrons. The summed E-state index contributed by atoms with van der Waals surface area (Å²) in [5, 5.41) is 3.21. The summed E-state index contributed by atoms with van der Waals surface area (Å²) < 4.78 is 14.3. The minimum atomic E-state index is -0.0960. The van der Waals surface area contributed by atoms with Gasteiger partial charge in [0.25, 0.3) is 0 Å². The highest BCUT2D eigenvalue weighted by Crippen LogP contribution is 2.33. The summed E-state index contributed by atoms with van der Waals surface area (Å²) in [7, 11) is 1.92. The lowest BCUT2D eigenvalue weighted by atomic mass is 9.88. The van der Waals surface area contributed by atoms with E-state index in [1.165, 1.54) is 0 Å². The van der Waals surface area contributed by atoms with Crippen molar-refractivity contribution in [3.05, 3.63) is 29.6 Å². The highest BCUT2D eigenvalue weighted by Gasteiger charge is 2.26. The molecule has 1 aliphatic rings. The molecule has 1 saturated heterocycles. The topological polar surface area (TPSA) is 15.3 Å². The van der Waals surface area contributed by atoms with Crippen LogP contribution < -0.4 is 10.2 Å².